The molecule has 11 heteroatoms. The van der Waals surface area contributed by atoms with E-state index in [2.05, 4.69) is 5.10 Å². The molecule has 0 aliphatic carbocycles. The summed E-state index contributed by atoms with van der Waals surface area (Å²) < 4.78 is 87.5. The van der Waals surface area contributed by atoms with Gasteiger partial charge >= 0.3 is 6.18 Å². The average molecular weight is 604 g/mol. The molecule has 0 spiro atoms. The zero-order valence-corrected chi connectivity index (χ0v) is 22.3. The van der Waals surface area contributed by atoms with Crippen LogP contribution in [0, 0.1) is 17.5 Å². The van der Waals surface area contributed by atoms with Gasteiger partial charge in [-0.05, 0) is 41.3 Å². The van der Waals surface area contributed by atoms with Crippen molar-refractivity contribution in [3.05, 3.63) is 123 Å². The minimum Gasteiger partial charge on any atom is -0.343 e. The van der Waals surface area contributed by atoms with Crippen LogP contribution < -0.4 is 0 Å². The fourth-order valence-corrected chi connectivity index (χ4v) is 5.44. The van der Waals surface area contributed by atoms with Crippen molar-refractivity contribution < 1.29 is 26.3 Å². The van der Waals surface area contributed by atoms with Gasteiger partial charge in [-0.2, -0.15) is 18.3 Å². The topological polar surface area (TPSA) is 22.8 Å². The summed E-state index contributed by atoms with van der Waals surface area (Å²) in [6.45, 7) is -0.189. The van der Waals surface area contributed by atoms with Crippen LogP contribution in [0.25, 0.3) is 33.1 Å². The van der Waals surface area contributed by atoms with E-state index >= 15 is 0 Å². The van der Waals surface area contributed by atoms with E-state index in [0.717, 1.165) is 27.2 Å². The van der Waals surface area contributed by atoms with E-state index < -0.39 is 41.3 Å². The second-order valence-corrected chi connectivity index (χ2v) is 10.4. The van der Waals surface area contributed by atoms with Gasteiger partial charge in [0.15, 0.2) is 0 Å². The van der Waals surface area contributed by atoms with Crippen LogP contribution in [0.4, 0.5) is 26.3 Å². The SMILES string of the molecule is Fc1cc(F)c(Cn2nc3c(C(F)(F)F)cccc3c2-c2ccc3ccn(Cc4ccc(Cl)cc4Cl)c3c2)c(F)c1. The van der Waals surface area contributed by atoms with Crippen molar-refractivity contribution in [2.75, 3.05) is 0 Å². The molecule has 41 heavy (non-hydrogen) atoms. The molecule has 6 rings (SSSR count). The molecule has 0 aliphatic heterocycles. The number of aromatic nitrogens is 3. The first-order valence-corrected chi connectivity index (χ1v) is 13.0. The molecule has 4 aromatic carbocycles. The Kier molecular flexibility index (Phi) is 6.74. The number of hydrogen-bond donors (Lipinski definition) is 0. The first-order chi connectivity index (χ1) is 19.5. The number of benzene rings is 4. The van der Waals surface area contributed by atoms with Gasteiger partial charge in [-0.15, -0.1) is 0 Å². The number of alkyl halides is 3. The van der Waals surface area contributed by atoms with Gasteiger partial charge in [-0.3, -0.25) is 4.68 Å². The summed E-state index contributed by atoms with van der Waals surface area (Å²) in [6.07, 6.45) is -2.88. The van der Waals surface area contributed by atoms with Crippen molar-refractivity contribution in [2.45, 2.75) is 19.3 Å². The quantitative estimate of drug-likeness (QED) is 0.180. The standard InChI is InChI=1S/C30H17Cl2F6N3/c31-19-7-6-18(24(32)11-19)14-40-9-8-16-4-5-17(10-27(16)40)29-21-2-1-3-23(30(36,37)38)28(21)39-41(29)15-22-25(34)12-20(33)13-26(22)35/h1-13H,14-15H2. The first kappa shape index (κ1) is 27.2. The molecule has 208 valence electrons. The lowest BCUT2D eigenvalue weighted by Crippen LogP contribution is -2.09. The fourth-order valence-electron chi connectivity index (χ4n) is 4.98. The monoisotopic (exact) mass is 603 g/mol. The smallest absolute Gasteiger partial charge is 0.343 e. The zero-order chi connectivity index (χ0) is 29.1. The highest BCUT2D eigenvalue weighted by atomic mass is 35.5. The highest BCUT2D eigenvalue weighted by molar-refractivity contribution is 6.35. The van der Waals surface area contributed by atoms with E-state index in [1.54, 1.807) is 36.4 Å². The molecule has 0 amide bonds. The van der Waals surface area contributed by atoms with E-state index in [-0.39, 0.29) is 16.6 Å². The van der Waals surface area contributed by atoms with Crippen LogP contribution in [-0.4, -0.2) is 14.3 Å². The molecule has 6 aromatic rings. The van der Waals surface area contributed by atoms with Gasteiger partial charge in [-0.1, -0.05) is 53.5 Å². The lowest BCUT2D eigenvalue weighted by molar-refractivity contribution is -0.136. The molecule has 0 aliphatic rings. The van der Waals surface area contributed by atoms with Crippen LogP contribution in [-0.2, 0) is 19.3 Å². The Labute approximate surface area is 239 Å². The summed E-state index contributed by atoms with van der Waals surface area (Å²) in [5, 5.41) is 6.12. The van der Waals surface area contributed by atoms with Crippen LogP contribution in [0.15, 0.2) is 79.0 Å². The first-order valence-electron chi connectivity index (χ1n) is 12.2. The molecular formula is C30H17Cl2F6N3. The van der Waals surface area contributed by atoms with Gasteiger partial charge in [0.25, 0.3) is 0 Å². The van der Waals surface area contributed by atoms with Crippen LogP contribution >= 0.6 is 23.2 Å². The van der Waals surface area contributed by atoms with E-state index in [4.69, 9.17) is 23.2 Å². The third kappa shape index (κ3) is 5.04. The van der Waals surface area contributed by atoms with E-state index in [0.29, 0.717) is 34.3 Å². The summed E-state index contributed by atoms with van der Waals surface area (Å²) in [6, 6.07) is 16.9. The van der Waals surface area contributed by atoms with Gasteiger partial charge < -0.3 is 4.57 Å². The molecule has 2 heterocycles. The Morgan fingerprint density at radius 1 is 0.805 bits per heavy atom. The predicted octanol–water partition coefficient (Wildman–Crippen LogP) is 9.50. The Morgan fingerprint density at radius 2 is 1.56 bits per heavy atom. The zero-order valence-electron chi connectivity index (χ0n) is 20.8. The molecule has 0 saturated carbocycles. The van der Waals surface area contributed by atoms with Crippen molar-refractivity contribution in [1.29, 1.82) is 0 Å². The maximum atomic E-state index is 14.6. The lowest BCUT2D eigenvalue weighted by atomic mass is 10.0. The summed E-state index contributed by atoms with van der Waals surface area (Å²) in [7, 11) is 0. The van der Waals surface area contributed by atoms with Crippen LogP contribution in [0.3, 0.4) is 0 Å². The Bertz CT molecular complexity index is 1940. The van der Waals surface area contributed by atoms with Crippen molar-refractivity contribution in [3.8, 4) is 11.3 Å². The largest absolute Gasteiger partial charge is 0.418 e. The maximum Gasteiger partial charge on any atom is 0.418 e. The number of nitrogens with zero attached hydrogens (tertiary/aromatic N) is 3. The minimum atomic E-state index is -4.72. The molecule has 0 bridgehead atoms. The molecule has 0 fully saturated rings. The van der Waals surface area contributed by atoms with Crippen LogP contribution in [0.2, 0.25) is 10.0 Å². The summed E-state index contributed by atoms with van der Waals surface area (Å²) in [4.78, 5) is 0. The van der Waals surface area contributed by atoms with E-state index in [1.807, 2.05) is 16.8 Å². The van der Waals surface area contributed by atoms with Crippen molar-refractivity contribution >= 4 is 45.0 Å². The van der Waals surface area contributed by atoms with Gasteiger partial charge in [0.2, 0.25) is 0 Å². The van der Waals surface area contributed by atoms with Crippen LogP contribution in [0.5, 0.6) is 0 Å². The third-order valence-corrected chi connectivity index (χ3v) is 7.48. The van der Waals surface area contributed by atoms with E-state index in [1.165, 1.54) is 12.1 Å². The highest BCUT2D eigenvalue weighted by Gasteiger charge is 2.34. The number of fused-ring (bicyclic) bond motifs is 2. The van der Waals surface area contributed by atoms with Gasteiger partial charge in [-0.25, -0.2) is 13.2 Å². The van der Waals surface area contributed by atoms with Crippen molar-refractivity contribution in [3.63, 3.8) is 0 Å². The summed E-state index contributed by atoms with van der Waals surface area (Å²) in [5.74, 6) is -3.46. The fraction of sp³-hybridized carbons (Fsp3) is 0.100. The lowest BCUT2D eigenvalue weighted by Gasteiger charge is -2.12. The molecule has 0 radical (unpaired) electrons. The highest BCUT2D eigenvalue weighted by Crippen LogP contribution is 2.39. The third-order valence-electron chi connectivity index (χ3n) is 6.89. The number of rotatable bonds is 5. The number of hydrogen-bond acceptors (Lipinski definition) is 1. The molecule has 0 saturated heterocycles. The second kappa shape index (κ2) is 10.2. The molecular weight excluding hydrogens is 587 g/mol. The molecule has 2 aromatic heterocycles. The minimum absolute atomic E-state index is 0.140. The Hall–Kier alpha value is -3.95. The normalized spacial score (nSPS) is 12.1. The Morgan fingerprint density at radius 3 is 2.27 bits per heavy atom. The van der Waals surface area contributed by atoms with E-state index in [9.17, 15) is 26.3 Å². The van der Waals surface area contributed by atoms with Crippen molar-refractivity contribution in [1.82, 2.24) is 14.3 Å². The summed E-state index contributed by atoms with van der Waals surface area (Å²) in [5.41, 5.74) is 0.318. The second-order valence-electron chi connectivity index (χ2n) is 9.51. The van der Waals surface area contributed by atoms with Gasteiger partial charge in [0.05, 0.1) is 17.8 Å². The maximum absolute atomic E-state index is 14.6. The summed E-state index contributed by atoms with van der Waals surface area (Å²) >= 11 is 12.4. The number of halogens is 8. The average Bonchev–Trinajstić information content (AvgIpc) is 3.47. The van der Waals surface area contributed by atoms with Crippen LogP contribution in [0.1, 0.15) is 16.7 Å². The molecule has 0 N–H and O–H groups in total. The van der Waals surface area contributed by atoms with Crippen molar-refractivity contribution in [2.24, 2.45) is 0 Å². The predicted molar refractivity (Wildman–Crippen MR) is 147 cm³/mol. The van der Waals surface area contributed by atoms with Gasteiger partial charge in [0, 0.05) is 56.9 Å². The molecule has 3 nitrogen and oxygen atoms in total. The van der Waals surface area contributed by atoms with Gasteiger partial charge in [0.1, 0.15) is 23.0 Å². The molecule has 0 unspecified atom stereocenters. The molecule has 0 atom stereocenters. The Balaban J connectivity index is 1.54.